The van der Waals surface area contributed by atoms with Gasteiger partial charge in [-0.15, -0.1) is 0 Å². The molecule has 0 spiro atoms. The molecule has 0 saturated carbocycles. The molecular formula is C17H15N3O2. The van der Waals surface area contributed by atoms with E-state index in [1.807, 2.05) is 48.5 Å². The number of rotatable bonds is 5. The Morgan fingerprint density at radius 3 is 2.68 bits per heavy atom. The number of ether oxygens (including phenoxy) is 1. The van der Waals surface area contributed by atoms with Gasteiger partial charge < -0.3 is 4.74 Å². The van der Waals surface area contributed by atoms with Gasteiger partial charge in [0.2, 0.25) is 0 Å². The number of carbonyl (C=O) groups is 1. The summed E-state index contributed by atoms with van der Waals surface area (Å²) < 4.78 is 6.94. The van der Waals surface area contributed by atoms with Crippen LogP contribution in [0.3, 0.4) is 0 Å². The summed E-state index contributed by atoms with van der Waals surface area (Å²) in [5.74, 6) is -0.398. The van der Waals surface area contributed by atoms with Crippen molar-refractivity contribution < 1.29 is 9.53 Å². The monoisotopic (exact) mass is 293 g/mol. The largest absolute Gasteiger partial charge is 0.455 e. The SMILES string of the molecule is O=C(OCc1ccccn1)c1cnn(Cc2ccccc2)c1. The number of benzene rings is 1. The Balaban J connectivity index is 1.60. The van der Waals surface area contributed by atoms with Crippen LogP contribution in [0.1, 0.15) is 21.6 Å². The number of pyridine rings is 1. The average molecular weight is 293 g/mol. The molecule has 0 atom stereocenters. The Kier molecular flexibility index (Phi) is 4.25. The Hall–Kier alpha value is -2.95. The zero-order chi connectivity index (χ0) is 15.2. The molecule has 0 radical (unpaired) electrons. The fourth-order valence-electron chi connectivity index (χ4n) is 2.03. The Labute approximate surface area is 128 Å². The number of nitrogens with zero attached hydrogens (tertiary/aromatic N) is 3. The Morgan fingerprint density at radius 2 is 1.91 bits per heavy atom. The van der Waals surface area contributed by atoms with Gasteiger partial charge in [-0.1, -0.05) is 36.4 Å². The molecular weight excluding hydrogens is 278 g/mol. The zero-order valence-electron chi connectivity index (χ0n) is 11.9. The Bertz CT molecular complexity index is 739. The summed E-state index contributed by atoms with van der Waals surface area (Å²) in [6, 6.07) is 15.4. The molecule has 0 unspecified atom stereocenters. The third-order valence-corrected chi connectivity index (χ3v) is 3.13. The molecule has 22 heavy (non-hydrogen) atoms. The van der Waals surface area contributed by atoms with E-state index in [2.05, 4.69) is 10.1 Å². The third-order valence-electron chi connectivity index (χ3n) is 3.13. The topological polar surface area (TPSA) is 57.0 Å². The maximum absolute atomic E-state index is 12.0. The minimum Gasteiger partial charge on any atom is -0.455 e. The molecule has 3 rings (SSSR count). The van der Waals surface area contributed by atoms with Crippen molar-refractivity contribution in [1.29, 1.82) is 0 Å². The lowest BCUT2D eigenvalue weighted by Crippen LogP contribution is -2.05. The van der Waals surface area contributed by atoms with Crippen molar-refractivity contribution in [3.63, 3.8) is 0 Å². The average Bonchev–Trinajstić information content (AvgIpc) is 3.03. The van der Waals surface area contributed by atoms with E-state index >= 15 is 0 Å². The number of aromatic nitrogens is 3. The summed E-state index contributed by atoms with van der Waals surface area (Å²) in [5.41, 5.74) is 2.28. The first kappa shape index (κ1) is 14.0. The number of esters is 1. The van der Waals surface area contributed by atoms with Gasteiger partial charge in [-0.05, 0) is 17.7 Å². The molecule has 0 aliphatic heterocycles. The molecule has 2 aromatic heterocycles. The summed E-state index contributed by atoms with van der Waals surface area (Å²) in [7, 11) is 0. The summed E-state index contributed by atoms with van der Waals surface area (Å²) in [6.45, 7) is 0.776. The van der Waals surface area contributed by atoms with Crippen LogP contribution in [0, 0.1) is 0 Å². The minimum absolute atomic E-state index is 0.156. The maximum Gasteiger partial charge on any atom is 0.341 e. The summed E-state index contributed by atoms with van der Waals surface area (Å²) in [5, 5.41) is 4.19. The van der Waals surface area contributed by atoms with Crippen molar-refractivity contribution in [3.05, 3.63) is 83.9 Å². The lowest BCUT2D eigenvalue weighted by atomic mass is 10.2. The first-order valence-electron chi connectivity index (χ1n) is 6.95. The van der Waals surface area contributed by atoms with Gasteiger partial charge in [0.05, 0.1) is 24.0 Å². The van der Waals surface area contributed by atoms with E-state index in [0.29, 0.717) is 17.8 Å². The smallest absolute Gasteiger partial charge is 0.341 e. The zero-order valence-corrected chi connectivity index (χ0v) is 11.9. The predicted molar refractivity (Wildman–Crippen MR) is 81.1 cm³/mol. The first-order chi connectivity index (χ1) is 10.8. The molecule has 0 aliphatic carbocycles. The van der Waals surface area contributed by atoms with Crippen molar-refractivity contribution in [2.24, 2.45) is 0 Å². The molecule has 0 aliphatic rings. The number of hydrogen-bond acceptors (Lipinski definition) is 4. The minimum atomic E-state index is -0.398. The normalized spacial score (nSPS) is 10.4. The lowest BCUT2D eigenvalue weighted by Gasteiger charge is -2.02. The quantitative estimate of drug-likeness (QED) is 0.679. The highest BCUT2D eigenvalue weighted by atomic mass is 16.5. The van der Waals surface area contributed by atoms with E-state index < -0.39 is 5.97 Å². The lowest BCUT2D eigenvalue weighted by molar-refractivity contribution is 0.0467. The van der Waals surface area contributed by atoms with Gasteiger partial charge in [-0.2, -0.15) is 5.10 Å². The second-order valence-corrected chi connectivity index (χ2v) is 4.81. The highest BCUT2D eigenvalue weighted by molar-refractivity contribution is 5.88. The summed E-state index contributed by atoms with van der Waals surface area (Å²) >= 11 is 0. The van der Waals surface area contributed by atoms with Gasteiger partial charge in [0.1, 0.15) is 6.61 Å². The Morgan fingerprint density at radius 1 is 1.09 bits per heavy atom. The van der Waals surface area contributed by atoms with Gasteiger partial charge in [0.15, 0.2) is 0 Å². The molecule has 5 heteroatoms. The van der Waals surface area contributed by atoms with E-state index in [9.17, 15) is 4.79 Å². The van der Waals surface area contributed by atoms with E-state index in [-0.39, 0.29) is 6.61 Å². The van der Waals surface area contributed by atoms with E-state index in [4.69, 9.17) is 4.74 Å². The van der Waals surface area contributed by atoms with Crippen LogP contribution in [-0.2, 0) is 17.9 Å². The summed E-state index contributed by atoms with van der Waals surface area (Å²) in [6.07, 6.45) is 4.87. The standard InChI is InChI=1S/C17H15N3O2/c21-17(22-13-16-8-4-5-9-18-16)15-10-19-20(12-15)11-14-6-2-1-3-7-14/h1-10,12H,11,13H2. The van der Waals surface area contributed by atoms with Crippen molar-refractivity contribution in [3.8, 4) is 0 Å². The van der Waals surface area contributed by atoms with Crippen molar-refractivity contribution >= 4 is 5.97 Å². The number of hydrogen-bond donors (Lipinski definition) is 0. The molecule has 2 heterocycles. The van der Waals surface area contributed by atoms with Gasteiger partial charge >= 0.3 is 5.97 Å². The van der Waals surface area contributed by atoms with Crippen LogP contribution in [0.2, 0.25) is 0 Å². The molecule has 0 N–H and O–H groups in total. The van der Waals surface area contributed by atoms with Gasteiger partial charge in [-0.25, -0.2) is 4.79 Å². The van der Waals surface area contributed by atoms with Gasteiger partial charge in [0.25, 0.3) is 0 Å². The molecule has 0 saturated heterocycles. The van der Waals surface area contributed by atoms with Gasteiger partial charge in [0, 0.05) is 12.4 Å². The van der Waals surface area contributed by atoms with Crippen LogP contribution < -0.4 is 0 Å². The van der Waals surface area contributed by atoms with Crippen molar-refractivity contribution in [1.82, 2.24) is 14.8 Å². The molecule has 0 amide bonds. The second kappa shape index (κ2) is 6.67. The number of carbonyl (C=O) groups excluding carboxylic acids is 1. The summed E-state index contributed by atoms with van der Waals surface area (Å²) in [4.78, 5) is 16.1. The van der Waals surface area contributed by atoms with Gasteiger partial charge in [-0.3, -0.25) is 9.67 Å². The van der Waals surface area contributed by atoms with Crippen LogP contribution in [0.25, 0.3) is 0 Å². The molecule has 110 valence electrons. The molecule has 0 bridgehead atoms. The van der Waals surface area contributed by atoms with E-state index in [1.165, 1.54) is 6.20 Å². The van der Waals surface area contributed by atoms with Crippen LogP contribution in [0.4, 0.5) is 0 Å². The van der Waals surface area contributed by atoms with E-state index in [1.54, 1.807) is 17.1 Å². The molecule has 5 nitrogen and oxygen atoms in total. The maximum atomic E-state index is 12.0. The van der Waals surface area contributed by atoms with Crippen LogP contribution in [0.15, 0.2) is 67.1 Å². The highest BCUT2D eigenvalue weighted by Crippen LogP contribution is 2.06. The highest BCUT2D eigenvalue weighted by Gasteiger charge is 2.10. The fourth-order valence-corrected chi connectivity index (χ4v) is 2.03. The second-order valence-electron chi connectivity index (χ2n) is 4.81. The van der Waals surface area contributed by atoms with Crippen LogP contribution in [-0.4, -0.2) is 20.7 Å². The van der Waals surface area contributed by atoms with Crippen LogP contribution >= 0.6 is 0 Å². The molecule has 1 aromatic carbocycles. The molecule has 3 aromatic rings. The molecule has 0 fully saturated rings. The first-order valence-corrected chi connectivity index (χ1v) is 6.95. The van der Waals surface area contributed by atoms with Crippen LogP contribution in [0.5, 0.6) is 0 Å². The predicted octanol–water partition coefficient (Wildman–Crippen LogP) is 2.68. The third kappa shape index (κ3) is 3.58. The fraction of sp³-hybridized carbons (Fsp3) is 0.118. The van der Waals surface area contributed by atoms with Crippen molar-refractivity contribution in [2.75, 3.05) is 0 Å². The van der Waals surface area contributed by atoms with Crippen molar-refractivity contribution in [2.45, 2.75) is 13.2 Å². The van der Waals surface area contributed by atoms with E-state index in [0.717, 1.165) is 5.56 Å².